The van der Waals surface area contributed by atoms with Crippen molar-refractivity contribution in [2.45, 2.75) is 59.4 Å². The number of hydrogen-bond acceptors (Lipinski definition) is 3. The molecule has 0 saturated carbocycles. The monoisotopic (exact) mass is 243 g/mol. The molecule has 0 radical (unpaired) electrons. The van der Waals surface area contributed by atoms with Gasteiger partial charge >= 0.3 is 0 Å². The van der Waals surface area contributed by atoms with Gasteiger partial charge in [-0.3, -0.25) is 4.79 Å². The Hall–Kier alpha value is -0.570. The van der Waals surface area contributed by atoms with Crippen LogP contribution in [0.2, 0.25) is 0 Å². The van der Waals surface area contributed by atoms with E-state index in [1.165, 1.54) is 19.3 Å². The van der Waals surface area contributed by atoms with Crippen molar-refractivity contribution >= 4 is 6.47 Å². The minimum Gasteiger partial charge on any atom is -0.468 e. The summed E-state index contributed by atoms with van der Waals surface area (Å²) < 4.78 is 4.78. The smallest absolute Gasteiger partial charge is 0.293 e. The first-order chi connectivity index (χ1) is 8.07. The lowest BCUT2D eigenvalue weighted by molar-refractivity contribution is -0.129. The van der Waals surface area contributed by atoms with E-state index in [0.29, 0.717) is 31.0 Å². The van der Waals surface area contributed by atoms with Gasteiger partial charge < -0.3 is 10.1 Å². The van der Waals surface area contributed by atoms with Crippen LogP contribution in [0.1, 0.15) is 53.4 Å². The van der Waals surface area contributed by atoms with Crippen LogP contribution in [0.4, 0.5) is 0 Å². The number of ether oxygens (including phenoxy) is 1. The first kappa shape index (κ1) is 16.4. The quantitative estimate of drug-likeness (QED) is 0.448. The van der Waals surface area contributed by atoms with E-state index in [-0.39, 0.29) is 0 Å². The predicted octanol–water partition coefficient (Wildman–Crippen LogP) is 2.99. The van der Waals surface area contributed by atoms with Crippen molar-refractivity contribution in [3.05, 3.63) is 0 Å². The average molecular weight is 243 g/mol. The summed E-state index contributed by atoms with van der Waals surface area (Å²) >= 11 is 0. The van der Waals surface area contributed by atoms with Gasteiger partial charge in [-0.05, 0) is 31.2 Å². The van der Waals surface area contributed by atoms with E-state index in [1.54, 1.807) is 0 Å². The van der Waals surface area contributed by atoms with Crippen molar-refractivity contribution < 1.29 is 9.53 Å². The van der Waals surface area contributed by atoms with Gasteiger partial charge in [0.2, 0.25) is 0 Å². The molecule has 0 aromatic carbocycles. The molecule has 3 heteroatoms. The molecular weight excluding hydrogens is 214 g/mol. The first-order valence-electron chi connectivity index (χ1n) is 6.86. The molecule has 3 nitrogen and oxygen atoms in total. The second-order valence-corrected chi connectivity index (χ2v) is 5.36. The van der Waals surface area contributed by atoms with E-state index in [4.69, 9.17) is 4.74 Å². The van der Waals surface area contributed by atoms with Crippen LogP contribution in [-0.2, 0) is 9.53 Å². The molecule has 1 unspecified atom stereocenters. The molecule has 0 aromatic rings. The van der Waals surface area contributed by atoms with Gasteiger partial charge in [0.15, 0.2) is 0 Å². The van der Waals surface area contributed by atoms with Gasteiger partial charge in [-0.15, -0.1) is 0 Å². The molecule has 0 saturated heterocycles. The Labute approximate surface area is 106 Å². The third kappa shape index (κ3) is 10.3. The predicted molar refractivity (Wildman–Crippen MR) is 72.0 cm³/mol. The fourth-order valence-corrected chi connectivity index (χ4v) is 2.00. The summed E-state index contributed by atoms with van der Waals surface area (Å²) in [5.41, 5.74) is 0. The van der Waals surface area contributed by atoms with Crippen LogP contribution in [0, 0.1) is 11.8 Å². The minimum absolute atomic E-state index is 0.546. The fraction of sp³-hybridized carbons (Fsp3) is 0.929. The van der Waals surface area contributed by atoms with Crippen LogP contribution in [0.5, 0.6) is 0 Å². The Bertz CT molecular complexity index is 181. The molecule has 0 heterocycles. The van der Waals surface area contributed by atoms with E-state index in [9.17, 15) is 4.79 Å². The molecule has 102 valence electrons. The number of carbonyl (C=O) groups excluding carboxylic acids is 1. The number of hydrogen-bond donors (Lipinski definition) is 1. The lowest BCUT2D eigenvalue weighted by atomic mass is 9.88. The maximum atomic E-state index is 10.1. The molecule has 0 aliphatic carbocycles. The molecule has 0 amide bonds. The lowest BCUT2D eigenvalue weighted by Crippen LogP contribution is -2.23. The summed E-state index contributed by atoms with van der Waals surface area (Å²) in [6.07, 6.45) is 4.72. The van der Waals surface area contributed by atoms with Gasteiger partial charge in [-0.1, -0.05) is 40.5 Å². The normalized spacial score (nSPS) is 13.1. The SMILES string of the molecule is CC(C)NCCCCC(CCOC=O)C(C)C. The summed E-state index contributed by atoms with van der Waals surface area (Å²) in [5, 5.41) is 3.43. The molecule has 1 N–H and O–H groups in total. The van der Waals surface area contributed by atoms with Gasteiger partial charge in [0.25, 0.3) is 6.47 Å². The Kier molecular flexibility index (Phi) is 10.2. The summed E-state index contributed by atoms with van der Waals surface area (Å²) in [6.45, 7) is 11.1. The van der Waals surface area contributed by atoms with Crippen molar-refractivity contribution in [1.82, 2.24) is 5.32 Å². The topological polar surface area (TPSA) is 38.3 Å². The summed E-state index contributed by atoms with van der Waals surface area (Å²) in [7, 11) is 0. The second-order valence-electron chi connectivity index (χ2n) is 5.36. The highest BCUT2D eigenvalue weighted by Crippen LogP contribution is 2.21. The standard InChI is InChI=1S/C14H29NO2/c1-12(2)14(8-10-17-11-16)7-5-6-9-15-13(3)4/h11-15H,5-10H2,1-4H3. The molecule has 0 aliphatic heterocycles. The molecular formula is C14H29NO2. The lowest BCUT2D eigenvalue weighted by Gasteiger charge is -2.20. The minimum atomic E-state index is 0.546. The molecule has 0 aliphatic rings. The van der Waals surface area contributed by atoms with Crippen molar-refractivity contribution in [3.63, 3.8) is 0 Å². The Morgan fingerprint density at radius 1 is 1.12 bits per heavy atom. The van der Waals surface area contributed by atoms with E-state index >= 15 is 0 Å². The molecule has 1 atom stereocenters. The van der Waals surface area contributed by atoms with Crippen LogP contribution >= 0.6 is 0 Å². The van der Waals surface area contributed by atoms with E-state index in [2.05, 4.69) is 33.0 Å². The molecule has 0 aromatic heterocycles. The Morgan fingerprint density at radius 2 is 1.82 bits per heavy atom. The van der Waals surface area contributed by atoms with E-state index in [1.807, 2.05) is 0 Å². The fourth-order valence-electron chi connectivity index (χ4n) is 2.00. The van der Waals surface area contributed by atoms with Crippen molar-refractivity contribution in [2.75, 3.05) is 13.2 Å². The van der Waals surface area contributed by atoms with Crippen molar-refractivity contribution in [3.8, 4) is 0 Å². The van der Waals surface area contributed by atoms with Crippen LogP contribution in [0.15, 0.2) is 0 Å². The Morgan fingerprint density at radius 3 is 2.35 bits per heavy atom. The zero-order valence-electron chi connectivity index (χ0n) is 11.9. The van der Waals surface area contributed by atoms with Crippen LogP contribution in [0.3, 0.4) is 0 Å². The van der Waals surface area contributed by atoms with Crippen molar-refractivity contribution in [2.24, 2.45) is 11.8 Å². The maximum Gasteiger partial charge on any atom is 0.293 e. The zero-order valence-corrected chi connectivity index (χ0v) is 11.9. The number of nitrogens with one attached hydrogen (secondary N) is 1. The maximum absolute atomic E-state index is 10.1. The van der Waals surface area contributed by atoms with E-state index < -0.39 is 0 Å². The van der Waals surface area contributed by atoms with E-state index in [0.717, 1.165) is 13.0 Å². The zero-order chi connectivity index (χ0) is 13.1. The molecule has 0 rings (SSSR count). The van der Waals surface area contributed by atoms with Gasteiger partial charge in [-0.2, -0.15) is 0 Å². The van der Waals surface area contributed by atoms with Gasteiger partial charge in [0.05, 0.1) is 6.61 Å². The van der Waals surface area contributed by atoms with Gasteiger partial charge in [0.1, 0.15) is 0 Å². The highest BCUT2D eigenvalue weighted by atomic mass is 16.5. The number of rotatable bonds is 11. The highest BCUT2D eigenvalue weighted by Gasteiger charge is 2.12. The Balaban J connectivity index is 3.59. The van der Waals surface area contributed by atoms with Crippen LogP contribution < -0.4 is 5.32 Å². The molecule has 0 spiro atoms. The molecule has 0 fully saturated rings. The average Bonchev–Trinajstić information content (AvgIpc) is 2.25. The summed E-state index contributed by atoms with van der Waals surface area (Å²) in [6, 6.07) is 0.580. The van der Waals surface area contributed by atoms with Gasteiger partial charge in [0, 0.05) is 6.04 Å². The first-order valence-corrected chi connectivity index (χ1v) is 6.86. The number of unbranched alkanes of at least 4 members (excludes halogenated alkanes) is 1. The summed E-state index contributed by atoms with van der Waals surface area (Å²) in [5.74, 6) is 1.34. The summed E-state index contributed by atoms with van der Waals surface area (Å²) in [4.78, 5) is 10.1. The molecule has 0 bridgehead atoms. The van der Waals surface area contributed by atoms with Crippen LogP contribution in [0.25, 0.3) is 0 Å². The highest BCUT2D eigenvalue weighted by molar-refractivity contribution is 5.36. The third-order valence-electron chi connectivity index (χ3n) is 3.17. The van der Waals surface area contributed by atoms with Gasteiger partial charge in [-0.25, -0.2) is 0 Å². The largest absolute Gasteiger partial charge is 0.468 e. The van der Waals surface area contributed by atoms with Crippen LogP contribution in [-0.4, -0.2) is 25.7 Å². The third-order valence-corrected chi connectivity index (χ3v) is 3.17. The number of carbonyl (C=O) groups is 1. The second kappa shape index (κ2) is 10.6. The molecule has 17 heavy (non-hydrogen) atoms. The van der Waals surface area contributed by atoms with Crippen molar-refractivity contribution in [1.29, 1.82) is 0 Å².